The maximum absolute atomic E-state index is 3.53. The highest BCUT2D eigenvalue weighted by molar-refractivity contribution is 7.99. The van der Waals surface area contributed by atoms with Crippen LogP contribution in [0.4, 0.5) is 0 Å². The van der Waals surface area contributed by atoms with Gasteiger partial charge in [-0.05, 0) is 12.1 Å². The van der Waals surface area contributed by atoms with Crippen molar-refractivity contribution in [1.29, 1.82) is 0 Å². The van der Waals surface area contributed by atoms with Gasteiger partial charge in [-0.3, -0.25) is 0 Å². The van der Waals surface area contributed by atoms with E-state index in [1.807, 2.05) is 11.8 Å². The summed E-state index contributed by atoms with van der Waals surface area (Å²) in [5.74, 6) is 1.14. The Morgan fingerprint density at radius 2 is 1.45 bits per heavy atom. The molecule has 0 spiro atoms. The first kappa shape index (κ1) is 13.4. The van der Waals surface area contributed by atoms with Crippen LogP contribution in [0, 0.1) is 0 Å². The highest BCUT2D eigenvalue weighted by Gasteiger charge is 2.13. The van der Waals surface area contributed by atoms with E-state index in [1.165, 1.54) is 38.1 Å². The second-order valence-electron chi connectivity index (χ2n) is 5.35. The van der Waals surface area contributed by atoms with Crippen molar-refractivity contribution >= 4 is 33.6 Å². The van der Waals surface area contributed by atoms with Crippen molar-refractivity contribution in [3.8, 4) is 0 Å². The van der Waals surface area contributed by atoms with Crippen LogP contribution < -0.4 is 9.88 Å². The fourth-order valence-electron chi connectivity index (χ4n) is 2.38. The number of fused-ring (bicyclic) bond motifs is 2. The molecule has 102 valence electrons. The topological polar surface area (TPSA) is 18.6 Å². The molecule has 3 aromatic rings. The Kier molecular flexibility index (Phi) is 3.90. The number of aromatic amines is 1. The van der Waals surface area contributed by atoms with Crippen molar-refractivity contribution in [3.05, 3.63) is 48.5 Å². The summed E-state index contributed by atoms with van der Waals surface area (Å²) in [5, 5.41) is 2.65. The van der Waals surface area contributed by atoms with Crippen molar-refractivity contribution in [2.75, 3.05) is 26.4 Å². The van der Waals surface area contributed by atoms with Crippen LogP contribution in [-0.2, 0) is 0 Å². The molecule has 0 radical (unpaired) electrons. The number of benzene rings is 2. The molecule has 0 aliphatic rings. The Bertz CT molecular complexity index is 683. The number of aromatic nitrogens is 1. The average molecular weight is 284 g/mol. The Labute approximate surface area is 123 Å². The molecule has 0 fully saturated rings. The molecule has 0 unspecified atom stereocenters. The first-order valence-electron chi connectivity index (χ1n) is 7.00. The third-order valence-electron chi connectivity index (χ3n) is 3.46. The number of hydrogen-bond acceptors (Lipinski definition) is 1. The molecule has 3 rings (SSSR count). The van der Waals surface area contributed by atoms with Gasteiger partial charge in [0.2, 0.25) is 11.0 Å². The molecule has 2 nitrogen and oxygen atoms in total. The molecule has 0 atom stereocenters. The maximum atomic E-state index is 3.53. The highest BCUT2D eigenvalue weighted by Crippen LogP contribution is 2.31. The summed E-state index contributed by atoms with van der Waals surface area (Å²) >= 11 is 1.97. The number of rotatable bonds is 4. The zero-order valence-corrected chi connectivity index (χ0v) is 12.8. The van der Waals surface area contributed by atoms with Crippen LogP contribution in [0.25, 0.3) is 21.8 Å². The Balaban J connectivity index is 2.12. The number of para-hydroxylation sites is 2. The van der Waals surface area contributed by atoms with Gasteiger partial charge in [0.1, 0.15) is 0 Å². The van der Waals surface area contributed by atoms with E-state index in [-0.39, 0.29) is 0 Å². The summed E-state index contributed by atoms with van der Waals surface area (Å²) in [6, 6.07) is 17.1. The molecule has 2 N–H and O–H groups in total. The number of pyridine rings is 1. The molecule has 0 aliphatic heterocycles. The number of thioether (sulfide) groups is 1. The van der Waals surface area contributed by atoms with Gasteiger partial charge in [0.25, 0.3) is 0 Å². The minimum atomic E-state index is 1.14. The molecule has 0 aliphatic carbocycles. The van der Waals surface area contributed by atoms with Gasteiger partial charge in [0, 0.05) is 22.8 Å². The standard InChI is InChI=1S/C17H18N2S/c1-19(2)11-12-20-17-13-7-3-5-9-15(13)18-16-10-6-4-8-14(16)17/h3-10H,11-12H2,1-2H3/p+2. The van der Waals surface area contributed by atoms with Crippen LogP contribution in [-0.4, -0.2) is 26.4 Å². The predicted molar refractivity (Wildman–Crippen MR) is 86.4 cm³/mol. The fourth-order valence-corrected chi connectivity index (χ4v) is 3.76. The normalized spacial score (nSPS) is 11.6. The lowest BCUT2D eigenvalue weighted by Crippen LogP contribution is -3.06. The number of hydrogen-bond donors (Lipinski definition) is 1. The minimum absolute atomic E-state index is 1.14. The maximum Gasteiger partial charge on any atom is 0.212 e. The summed E-state index contributed by atoms with van der Waals surface area (Å²) in [6.07, 6.45) is 0. The van der Waals surface area contributed by atoms with Crippen molar-refractivity contribution in [2.45, 2.75) is 4.90 Å². The van der Waals surface area contributed by atoms with Crippen molar-refractivity contribution in [1.82, 2.24) is 0 Å². The molecular weight excluding hydrogens is 264 g/mol. The monoisotopic (exact) mass is 284 g/mol. The lowest BCUT2D eigenvalue weighted by molar-refractivity contribution is -0.855. The first-order valence-corrected chi connectivity index (χ1v) is 7.99. The number of H-pyrrole nitrogens is 1. The fraction of sp³-hybridized carbons (Fsp3) is 0.235. The van der Waals surface area contributed by atoms with E-state index in [0.717, 1.165) is 5.75 Å². The van der Waals surface area contributed by atoms with Gasteiger partial charge >= 0.3 is 0 Å². The van der Waals surface area contributed by atoms with E-state index < -0.39 is 0 Å². The lowest BCUT2D eigenvalue weighted by Gasteiger charge is -2.09. The van der Waals surface area contributed by atoms with E-state index in [4.69, 9.17) is 0 Å². The summed E-state index contributed by atoms with van der Waals surface area (Å²) < 4.78 is 0. The molecule has 0 bridgehead atoms. The van der Waals surface area contributed by atoms with Gasteiger partial charge in [-0.25, -0.2) is 4.98 Å². The summed E-state index contributed by atoms with van der Waals surface area (Å²) in [7, 11) is 4.41. The van der Waals surface area contributed by atoms with Crippen LogP contribution in [0.15, 0.2) is 53.4 Å². The van der Waals surface area contributed by atoms with Gasteiger partial charge in [0.15, 0.2) is 0 Å². The molecule has 0 amide bonds. The Morgan fingerprint density at radius 3 is 2.00 bits per heavy atom. The van der Waals surface area contributed by atoms with Crippen LogP contribution in [0.2, 0.25) is 0 Å². The van der Waals surface area contributed by atoms with Gasteiger partial charge < -0.3 is 4.90 Å². The smallest absolute Gasteiger partial charge is 0.212 e. The Hall–Kier alpha value is -1.58. The average Bonchev–Trinajstić information content (AvgIpc) is 2.46. The summed E-state index contributed by atoms with van der Waals surface area (Å²) in [6.45, 7) is 1.17. The number of quaternary nitrogens is 1. The second-order valence-corrected chi connectivity index (χ2v) is 6.46. The number of nitrogens with one attached hydrogen (secondary N) is 2. The predicted octanol–water partition coefficient (Wildman–Crippen LogP) is 2.04. The van der Waals surface area contributed by atoms with Crippen molar-refractivity contribution < 1.29 is 9.88 Å². The molecular formula is C17H20N2S+2. The molecule has 1 aromatic heterocycles. The minimum Gasteiger partial charge on any atom is -0.339 e. The van der Waals surface area contributed by atoms with Gasteiger partial charge in [-0.1, -0.05) is 24.3 Å². The zero-order chi connectivity index (χ0) is 13.9. The zero-order valence-electron chi connectivity index (χ0n) is 11.9. The molecule has 3 heteroatoms. The molecule has 0 saturated carbocycles. The summed E-state index contributed by atoms with van der Waals surface area (Å²) in [4.78, 5) is 6.42. The van der Waals surface area contributed by atoms with E-state index in [9.17, 15) is 0 Å². The Morgan fingerprint density at radius 1 is 0.900 bits per heavy atom. The molecule has 20 heavy (non-hydrogen) atoms. The summed E-state index contributed by atoms with van der Waals surface area (Å²) in [5.41, 5.74) is 2.43. The van der Waals surface area contributed by atoms with E-state index >= 15 is 0 Å². The molecule has 2 aromatic carbocycles. The first-order chi connectivity index (χ1) is 9.75. The quantitative estimate of drug-likeness (QED) is 0.574. The van der Waals surface area contributed by atoms with Gasteiger partial charge in [0.05, 0.1) is 31.4 Å². The third-order valence-corrected chi connectivity index (χ3v) is 4.60. The van der Waals surface area contributed by atoms with Crippen LogP contribution in [0.5, 0.6) is 0 Å². The van der Waals surface area contributed by atoms with Crippen LogP contribution in [0.3, 0.4) is 0 Å². The molecule has 1 heterocycles. The second kappa shape index (κ2) is 5.81. The SMILES string of the molecule is C[NH+](C)CCSc1c2ccccc2[nH+]c2ccccc12. The van der Waals surface area contributed by atoms with Gasteiger partial charge in [-0.15, -0.1) is 11.8 Å². The van der Waals surface area contributed by atoms with Gasteiger partial charge in [-0.2, -0.15) is 0 Å². The van der Waals surface area contributed by atoms with Crippen LogP contribution in [0.1, 0.15) is 0 Å². The van der Waals surface area contributed by atoms with Crippen LogP contribution >= 0.6 is 11.8 Å². The van der Waals surface area contributed by atoms with E-state index in [2.05, 4.69) is 67.6 Å². The lowest BCUT2D eigenvalue weighted by atomic mass is 10.1. The van der Waals surface area contributed by atoms with E-state index in [0.29, 0.717) is 0 Å². The molecule has 0 saturated heterocycles. The third kappa shape index (κ3) is 2.65. The van der Waals surface area contributed by atoms with Crippen molar-refractivity contribution in [2.24, 2.45) is 0 Å². The van der Waals surface area contributed by atoms with E-state index in [1.54, 1.807) is 0 Å². The largest absolute Gasteiger partial charge is 0.339 e. The van der Waals surface area contributed by atoms with Crippen molar-refractivity contribution in [3.63, 3.8) is 0 Å². The highest BCUT2D eigenvalue weighted by atomic mass is 32.2.